The van der Waals surface area contributed by atoms with Crippen LogP contribution in [0.4, 0.5) is 5.69 Å². The molecule has 0 aliphatic heterocycles. The van der Waals surface area contributed by atoms with Gasteiger partial charge in [0.05, 0.1) is 6.10 Å². The molecule has 0 radical (unpaired) electrons. The standard InChI is InChI=1S/C17H20N2O3S/c1-11-4-3-5-14(12(11)2)19-17(22)16(21)18-8-6-15(20)13-7-9-23-10-13/h3-5,7,9-10,15,20H,6,8H2,1-2H3,(H,18,21)(H,19,22)/t15-/m0/s1. The zero-order valence-electron chi connectivity index (χ0n) is 13.1. The molecule has 0 saturated heterocycles. The van der Waals surface area contributed by atoms with Crippen molar-refractivity contribution in [2.24, 2.45) is 0 Å². The number of anilines is 1. The van der Waals surface area contributed by atoms with Crippen molar-refractivity contribution in [2.45, 2.75) is 26.4 Å². The third-order valence-corrected chi connectivity index (χ3v) is 4.39. The van der Waals surface area contributed by atoms with Gasteiger partial charge in [0.1, 0.15) is 0 Å². The number of aliphatic hydroxyl groups excluding tert-OH is 1. The highest BCUT2D eigenvalue weighted by molar-refractivity contribution is 7.07. The molecule has 0 saturated carbocycles. The second-order valence-electron chi connectivity index (χ2n) is 5.32. The summed E-state index contributed by atoms with van der Waals surface area (Å²) in [7, 11) is 0. The van der Waals surface area contributed by atoms with Crippen LogP contribution in [0.3, 0.4) is 0 Å². The molecule has 0 fully saturated rings. The van der Waals surface area contributed by atoms with Gasteiger partial charge in [-0.1, -0.05) is 12.1 Å². The molecule has 0 spiro atoms. The fraction of sp³-hybridized carbons (Fsp3) is 0.294. The smallest absolute Gasteiger partial charge is 0.313 e. The Hall–Kier alpha value is -2.18. The Morgan fingerprint density at radius 3 is 2.70 bits per heavy atom. The van der Waals surface area contributed by atoms with Crippen molar-refractivity contribution in [1.29, 1.82) is 0 Å². The molecule has 0 bridgehead atoms. The largest absolute Gasteiger partial charge is 0.388 e. The number of carbonyl (C=O) groups is 2. The normalized spacial score (nSPS) is 11.8. The minimum atomic E-state index is -0.705. The Bertz CT molecular complexity index is 683. The monoisotopic (exact) mass is 332 g/mol. The number of nitrogens with one attached hydrogen (secondary N) is 2. The van der Waals surface area contributed by atoms with Crippen molar-refractivity contribution in [2.75, 3.05) is 11.9 Å². The lowest BCUT2D eigenvalue weighted by Gasteiger charge is -2.11. The zero-order chi connectivity index (χ0) is 16.8. The van der Waals surface area contributed by atoms with Crippen LogP contribution in [-0.2, 0) is 9.59 Å². The highest BCUT2D eigenvalue weighted by Gasteiger charge is 2.15. The molecule has 2 aromatic rings. The van der Waals surface area contributed by atoms with E-state index in [4.69, 9.17) is 0 Å². The second-order valence-corrected chi connectivity index (χ2v) is 6.10. The number of aryl methyl sites for hydroxylation is 1. The van der Waals surface area contributed by atoms with Crippen LogP contribution in [0.15, 0.2) is 35.0 Å². The fourth-order valence-corrected chi connectivity index (χ4v) is 2.81. The molecule has 6 heteroatoms. The molecule has 3 N–H and O–H groups in total. The van der Waals surface area contributed by atoms with E-state index in [1.807, 2.05) is 42.8 Å². The van der Waals surface area contributed by atoms with Crippen molar-refractivity contribution >= 4 is 28.8 Å². The first-order chi connectivity index (χ1) is 11.0. The van der Waals surface area contributed by atoms with E-state index in [0.29, 0.717) is 12.1 Å². The van der Waals surface area contributed by atoms with E-state index in [0.717, 1.165) is 16.7 Å². The predicted molar refractivity (Wildman–Crippen MR) is 91.5 cm³/mol. The summed E-state index contributed by atoms with van der Waals surface area (Å²) in [6, 6.07) is 7.36. The summed E-state index contributed by atoms with van der Waals surface area (Å²) in [4.78, 5) is 23.7. The lowest BCUT2D eigenvalue weighted by atomic mass is 10.1. The molecular formula is C17H20N2O3S. The van der Waals surface area contributed by atoms with Crippen LogP contribution in [0, 0.1) is 13.8 Å². The van der Waals surface area contributed by atoms with Gasteiger partial charge in [-0.15, -0.1) is 0 Å². The lowest BCUT2D eigenvalue weighted by Crippen LogP contribution is -2.36. The van der Waals surface area contributed by atoms with Gasteiger partial charge in [0, 0.05) is 12.2 Å². The SMILES string of the molecule is Cc1cccc(NC(=O)C(=O)NCC[C@H](O)c2ccsc2)c1C. The molecule has 5 nitrogen and oxygen atoms in total. The second kappa shape index (κ2) is 7.89. The number of hydrogen-bond donors (Lipinski definition) is 3. The maximum absolute atomic E-state index is 11.9. The van der Waals surface area contributed by atoms with Crippen molar-refractivity contribution in [3.8, 4) is 0 Å². The van der Waals surface area contributed by atoms with Gasteiger partial charge < -0.3 is 15.7 Å². The summed E-state index contributed by atoms with van der Waals surface area (Å²) in [5.41, 5.74) is 3.43. The minimum absolute atomic E-state index is 0.232. The number of carbonyl (C=O) groups excluding carboxylic acids is 2. The first kappa shape index (κ1) is 17.2. The van der Waals surface area contributed by atoms with E-state index in [9.17, 15) is 14.7 Å². The highest BCUT2D eigenvalue weighted by atomic mass is 32.1. The molecule has 122 valence electrons. The third kappa shape index (κ3) is 4.64. The van der Waals surface area contributed by atoms with Crippen molar-refractivity contribution in [3.63, 3.8) is 0 Å². The Labute approximate surface area is 139 Å². The highest BCUT2D eigenvalue weighted by Crippen LogP contribution is 2.19. The number of hydrogen-bond acceptors (Lipinski definition) is 4. The lowest BCUT2D eigenvalue weighted by molar-refractivity contribution is -0.136. The van der Waals surface area contributed by atoms with Crippen LogP contribution < -0.4 is 10.6 Å². The quantitative estimate of drug-likeness (QED) is 0.736. The van der Waals surface area contributed by atoms with Crippen LogP contribution in [0.1, 0.15) is 29.2 Å². The molecule has 2 amide bonds. The Morgan fingerprint density at radius 2 is 2.00 bits per heavy atom. The van der Waals surface area contributed by atoms with Gasteiger partial charge in [0.15, 0.2) is 0 Å². The third-order valence-electron chi connectivity index (χ3n) is 3.69. The Balaban J connectivity index is 1.81. The van der Waals surface area contributed by atoms with Gasteiger partial charge in [-0.25, -0.2) is 0 Å². The number of amides is 2. The molecule has 1 heterocycles. The van der Waals surface area contributed by atoms with E-state index in [-0.39, 0.29) is 6.54 Å². The number of benzene rings is 1. The summed E-state index contributed by atoms with van der Waals surface area (Å²) in [6.07, 6.45) is -0.275. The molecule has 23 heavy (non-hydrogen) atoms. The molecule has 1 atom stereocenters. The maximum Gasteiger partial charge on any atom is 0.313 e. The first-order valence-corrected chi connectivity index (χ1v) is 8.29. The number of thiophene rings is 1. The summed E-state index contributed by atoms with van der Waals surface area (Å²) < 4.78 is 0. The first-order valence-electron chi connectivity index (χ1n) is 7.34. The molecule has 0 unspecified atom stereocenters. The molecule has 0 aliphatic rings. The summed E-state index contributed by atoms with van der Waals surface area (Å²) in [5, 5.41) is 18.8. The number of rotatable bonds is 5. The van der Waals surface area contributed by atoms with E-state index < -0.39 is 17.9 Å². The van der Waals surface area contributed by atoms with Crippen molar-refractivity contribution in [1.82, 2.24) is 5.32 Å². The minimum Gasteiger partial charge on any atom is -0.388 e. The van der Waals surface area contributed by atoms with Gasteiger partial charge in [0.2, 0.25) is 0 Å². The van der Waals surface area contributed by atoms with Gasteiger partial charge >= 0.3 is 11.8 Å². The van der Waals surface area contributed by atoms with E-state index in [2.05, 4.69) is 10.6 Å². The molecule has 0 aliphatic carbocycles. The Kier molecular flexibility index (Phi) is 5.90. The summed E-state index contributed by atoms with van der Waals surface area (Å²) in [5.74, 6) is -1.41. The number of aliphatic hydroxyl groups is 1. The van der Waals surface area contributed by atoms with Gasteiger partial charge in [-0.2, -0.15) is 11.3 Å². The van der Waals surface area contributed by atoms with Crippen molar-refractivity contribution in [3.05, 3.63) is 51.7 Å². The van der Waals surface area contributed by atoms with E-state index in [1.165, 1.54) is 11.3 Å². The predicted octanol–water partition coefficient (Wildman–Crippen LogP) is 2.54. The fourth-order valence-electron chi connectivity index (χ4n) is 2.10. The van der Waals surface area contributed by atoms with E-state index in [1.54, 1.807) is 6.07 Å². The summed E-state index contributed by atoms with van der Waals surface area (Å²) >= 11 is 1.50. The average molecular weight is 332 g/mol. The zero-order valence-corrected chi connectivity index (χ0v) is 13.9. The molecule has 1 aromatic carbocycles. The van der Waals surface area contributed by atoms with Gasteiger partial charge in [-0.05, 0) is 59.9 Å². The van der Waals surface area contributed by atoms with Crippen LogP contribution in [0.2, 0.25) is 0 Å². The Morgan fingerprint density at radius 1 is 1.22 bits per heavy atom. The summed E-state index contributed by atoms with van der Waals surface area (Å²) in [6.45, 7) is 4.06. The van der Waals surface area contributed by atoms with Crippen LogP contribution in [0.5, 0.6) is 0 Å². The van der Waals surface area contributed by atoms with E-state index >= 15 is 0 Å². The molecule has 2 rings (SSSR count). The van der Waals surface area contributed by atoms with Crippen LogP contribution in [-0.4, -0.2) is 23.5 Å². The van der Waals surface area contributed by atoms with Crippen molar-refractivity contribution < 1.29 is 14.7 Å². The average Bonchev–Trinajstić information content (AvgIpc) is 3.06. The van der Waals surface area contributed by atoms with Gasteiger partial charge in [-0.3, -0.25) is 9.59 Å². The molecule has 1 aromatic heterocycles. The maximum atomic E-state index is 11.9. The van der Waals surface area contributed by atoms with Crippen LogP contribution in [0.25, 0.3) is 0 Å². The molecular weight excluding hydrogens is 312 g/mol. The topological polar surface area (TPSA) is 78.4 Å². The van der Waals surface area contributed by atoms with Crippen LogP contribution >= 0.6 is 11.3 Å². The van der Waals surface area contributed by atoms with Gasteiger partial charge in [0.25, 0.3) is 0 Å².